The molecule has 37 heavy (non-hydrogen) atoms. The maximum atomic E-state index is 15.5. The maximum absolute atomic E-state index is 15.5. The predicted octanol–water partition coefficient (Wildman–Crippen LogP) is 4.14. The van der Waals surface area contributed by atoms with E-state index >= 15 is 4.39 Å². The third kappa shape index (κ3) is 3.39. The number of nitrogens with zero attached hydrogens (tertiary/aromatic N) is 7. The van der Waals surface area contributed by atoms with Gasteiger partial charge in [-0.15, -0.1) is 0 Å². The molecule has 1 aliphatic rings. The third-order valence-electron chi connectivity index (χ3n) is 7.53. The fourth-order valence-corrected chi connectivity index (χ4v) is 5.32. The molecule has 10 heteroatoms. The van der Waals surface area contributed by atoms with Gasteiger partial charge in [-0.05, 0) is 63.2 Å². The van der Waals surface area contributed by atoms with E-state index in [0.29, 0.717) is 33.5 Å². The molecule has 4 heterocycles. The first-order valence-electron chi connectivity index (χ1n) is 12.2. The Kier molecular flexibility index (Phi) is 5.20. The van der Waals surface area contributed by atoms with Gasteiger partial charge >= 0.3 is 5.69 Å². The van der Waals surface area contributed by atoms with E-state index in [1.165, 1.54) is 15.3 Å². The number of halogens is 2. The summed E-state index contributed by atoms with van der Waals surface area (Å²) in [6.07, 6.45) is 5.37. The second-order valence-electron chi connectivity index (χ2n) is 9.82. The van der Waals surface area contributed by atoms with E-state index in [9.17, 15) is 9.18 Å². The van der Waals surface area contributed by atoms with Crippen LogP contribution >= 0.6 is 0 Å². The van der Waals surface area contributed by atoms with Gasteiger partial charge in [0, 0.05) is 44.0 Å². The zero-order valence-corrected chi connectivity index (χ0v) is 21.3. The lowest BCUT2D eigenvalue weighted by atomic mass is 10.00. The smallest absolute Gasteiger partial charge is 0.299 e. The molecule has 0 fully saturated rings. The molecule has 8 nitrogen and oxygen atoms in total. The Morgan fingerprint density at radius 3 is 2.43 bits per heavy atom. The summed E-state index contributed by atoms with van der Waals surface area (Å²) in [5, 5.41) is 9.36. The van der Waals surface area contributed by atoms with Gasteiger partial charge in [0.15, 0.2) is 5.82 Å². The molecule has 0 amide bonds. The van der Waals surface area contributed by atoms with Crippen LogP contribution in [0.2, 0.25) is 0 Å². The topological polar surface area (TPSA) is 65.8 Å². The Labute approximate surface area is 212 Å². The summed E-state index contributed by atoms with van der Waals surface area (Å²) in [5.74, 6) is -0.204. The molecular formula is C27H27F2N7O. The van der Waals surface area contributed by atoms with Gasteiger partial charge in [-0.1, -0.05) is 0 Å². The van der Waals surface area contributed by atoms with Gasteiger partial charge in [0.2, 0.25) is 0 Å². The summed E-state index contributed by atoms with van der Waals surface area (Å²) in [7, 11) is 3.78. The summed E-state index contributed by atoms with van der Waals surface area (Å²) in [5.41, 5.74) is 3.83. The average Bonchev–Trinajstić information content (AvgIpc) is 3.55. The number of imidazole rings is 1. The number of fused-ring (bicyclic) bond motifs is 2. The molecule has 190 valence electrons. The number of rotatable bonds is 3. The van der Waals surface area contributed by atoms with Crippen molar-refractivity contribution < 1.29 is 8.78 Å². The largest absolute Gasteiger partial charge is 0.338 e. The molecule has 2 aromatic carbocycles. The van der Waals surface area contributed by atoms with Crippen LogP contribution in [-0.2, 0) is 13.5 Å². The Hall–Kier alpha value is -4.05. The van der Waals surface area contributed by atoms with E-state index in [1.54, 1.807) is 66.9 Å². The van der Waals surface area contributed by atoms with E-state index in [-0.39, 0.29) is 17.5 Å². The quantitative estimate of drug-likeness (QED) is 0.371. The predicted molar refractivity (Wildman–Crippen MR) is 137 cm³/mol. The molecule has 1 unspecified atom stereocenters. The van der Waals surface area contributed by atoms with Crippen LogP contribution < -0.4 is 5.69 Å². The minimum atomic E-state index is -0.515. The zero-order valence-electron chi connectivity index (χ0n) is 21.3. The Morgan fingerprint density at radius 1 is 1.00 bits per heavy atom. The van der Waals surface area contributed by atoms with Gasteiger partial charge < -0.3 is 0 Å². The number of aromatic nitrogens is 6. The molecular weight excluding hydrogens is 476 g/mol. The first kappa shape index (κ1) is 23.4. The number of aryl methyl sites for hydroxylation is 3. The van der Waals surface area contributed by atoms with Gasteiger partial charge in [0.25, 0.3) is 0 Å². The summed E-state index contributed by atoms with van der Waals surface area (Å²) >= 11 is 0. The molecule has 0 radical (unpaired) electrons. The number of benzene rings is 2. The van der Waals surface area contributed by atoms with Crippen LogP contribution in [0.5, 0.6) is 0 Å². The Morgan fingerprint density at radius 2 is 1.70 bits per heavy atom. The lowest BCUT2D eigenvalue weighted by molar-refractivity contribution is 0.246. The molecule has 1 atom stereocenters. The highest BCUT2D eigenvalue weighted by Crippen LogP contribution is 2.35. The van der Waals surface area contributed by atoms with E-state index in [4.69, 9.17) is 5.10 Å². The lowest BCUT2D eigenvalue weighted by Gasteiger charge is -2.29. The van der Waals surface area contributed by atoms with Crippen LogP contribution in [0, 0.1) is 25.5 Å². The summed E-state index contributed by atoms with van der Waals surface area (Å²) in [6.45, 7) is 6.34. The van der Waals surface area contributed by atoms with Gasteiger partial charge in [0.1, 0.15) is 11.6 Å². The van der Waals surface area contributed by atoms with Crippen molar-refractivity contribution in [2.24, 2.45) is 7.05 Å². The van der Waals surface area contributed by atoms with E-state index in [1.807, 2.05) is 7.05 Å². The maximum Gasteiger partial charge on any atom is 0.338 e. The highest BCUT2D eigenvalue weighted by atomic mass is 19.1. The van der Waals surface area contributed by atoms with E-state index in [2.05, 4.69) is 16.9 Å². The molecule has 0 saturated heterocycles. The van der Waals surface area contributed by atoms with Crippen LogP contribution in [0.3, 0.4) is 0 Å². The standard InChI is InChI=1S/C27H27F2N7O/c1-15-12-18(13-16(2)24(15)28)36-26(23-17(3)32(4)9-8-20(23)31-36)35-11-10-34(27(35)37)22-7-6-21-19(25(22)29)14-30-33(21)5/h6-7,10-14,17H,8-9H2,1-5H3. The molecule has 1 aliphatic heterocycles. The minimum Gasteiger partial charge on any atom is -0.299 e. The second-order valence-corrected chi connectivity index (χ2v) is 9.82. The van der Waals surface area contributed by atoms with Gasteiger partial charge in [0.05, 0.1) is 34.2 Å². The van der Waals surface area contributed by atoms with Crippen molar-refractivity contribution in [3.05, 3.63) is 87.4 Å². The van der Waals surface area contributed by atoms with Gasteiger partial charge in [-0.3, -0.25) is 18.7 Å². The molecule has 0 bridgehead atoms. The van der Waals surface area contributed by atoms with Crippen molar-refractivity contribution in [1.29, 1.82) is 0 Å². The van der Waals surface area contributed by atoms with Crippen molar-refractivity contribution in [3.8, 4) is 17.2 Å². The summed E-state index contributed by atoms with van der Waals surface area (Å²) in [4.78, 5) is 16.0. The van der Waals surface area contributed by atoms with Crippen LogP contribution in [0.25, 0.3) is 28.1 Å². The van der Waals surface area contributed by atoms with E-state index < -0.39 is 11.5 Å². The van der Waals surface area contributed by atoms with Crippen LogP contribution in [-0.4, -0.2) is 47.2 Å². The number of hydrogen-bond donors (Lipinski definition) is 0. The van der Waals surface area contributed by atoms with Crippen LogP contribution in [0.15, 0.2) is 47.7 Å². The molecule has 5 aromatic rings. The zero-order chi connectivity index (χ0) is 26.2. The first-order chi connectivity index (χ1) is 17.7. The van der Waals surface area contributed by atoms with Crippen LogP contribution in [0.4, 0.5) is 8.78 Å². The number of likely N-dealkylation sites (N-methyl/N-ethyl adjacent to an activating group) is 1. The SMILES string of the molecule is Cc1cc(-n2nc3c(c2-n2ccn(-c4ccc5c(cnn5C)c4F)c2=O)C(C)N(C)CC3)cc(C)c1F. The van der Waals surface area contributed by atoms with E-state index in [0.717, 1.165) is 24.2 Å². The van der Waals surface area contributed by atoms with Crippen molar-refractivity contribution in [1.82, 2.24) is 33.6 Å². The fourth-order valence-electron chi connectivity index (χ4n) is 5.32. The van der Waals surface area contributed by atoms with Gasteiger partial charge in [-0.2, -0.15) is 10.2 Å². The number of hydrogen-bond acceptors (Lipinski definition) is 4. The molecule has 3 aromatic heterocycles. The monoisotopic (exact) mass is 503 g/mol. The fraction of sp³-hybridized carbons (Fsp3) is 0.296. The average molecular weight is 504 g/mol. The lowest BCUT2D eigenvalue weighted by Crippen LogP contribution is -2.31. The normalized spacial score (nSPS) is 16.0. The van der Waals surface area contributed by atoms with Gasteiger partial charge in [-0.25, -0.2) is 18.3 Å². The summed E-state index contributed by atoms with van der Waals surface area (Å²) in [6, 6.07) is 6.79. The van der Waals surface area contributed by atoms with Crippen molar-refractivity contribution >= 4 is 10.9 Å². The second kappa shape index (κ2) is 8.24. The summed E-state index contributed by atoms with van der Waals surface area (Å²) < 4.78 is 36.0. The van der Waals surface area contributed by atoms with Crippen LogP contribution in [0.1, 0.15) is 35.3 Å². The van der Waals surface area contributed by atoms with Crippen molar-refractivity contribution in [2.75, 3.05) is 13.6 Å². The Bertz CT molecular complexity index is 1730. The van der Waals surface area contributed by atoms with Crippen molar-refractivity contribution in [2.45, 2.75) is 33.2 Å². The molecule has 0 aliphatic carbocycles. The first-order valence-corrected chi connectivity index (χ1v) is 12.2. The molecule has 0 spiro atoms. The minimum absolute atomic E-state index is 0.00567. The van der Waals surface area contributed by atoms with Crippen molar-refractivity contribution in [3.63, 3.8) is 0 Å². The highest BCUT2D eigenvalue weighted by molar-refractivity contribution is 5.81. The third-order valence-corrected chi connectivity index (χ3v) is 7.53. The highest BCUT2D eigenvalue weighted by Gasteiger charge is 2.31. The Balaban J connectivity index is 1.60. The molecule has 0 N–H and O–H groups in total. The molecule has 0 saturated carbocycles. The molecule has 6 rings (SSSR count).